The SMILES string of the molecule is COC(=O)NC(Cc1ccccc1)C(=O)N(C)C#N. The van der Waals surface area contributed by atoms with E-state index < -0.39 is 18.0 Å². The molecule has 6 nitrogen and oxygen atoms in total. The Hall–Kier alpha value is -2.55. The molecule has 0 aliphatic heterocycles. The lowest BCUT2D eigenvalue weighted by atomic mass is 10.1. The van der Waals surface area contributed by atoms with Crippen molar-refractivity contribution in [2.24, 2.45) is 0 Å². The first-order chi connectivity index (χ1) is 9.08. The monoisotopic (exact) mass is 261 g/mol. The molecule has 1 rings (SSSR count). The molecule has 1 aromatic carbocycles. The Morgan fingerprint density at radius 1 is 1.42 bits per heavy atom. The Bertz CT molecular complexity index is 482. The molecule has 0 bridgehead atoms. The second kappa shape index (κ2) is 7.01. The molecule has 0 aliphatic carbocycles. The van der Waals surface area contributed by atoms with Crippen LogP contribution in [0, 0.1) is 11.5 Å². The molecule has 1 N–H and O–H groups in total. The van der Waals surface area contributed by atoms with Crippen molar-refractivity contribution in [3.05, 3.63) is 35.9 Å². The Morgan fingerprint density at radius 3 is 2.58 bits per heavy atom. The maximum Gasteiger partial charge on any atom is 0.407 e. The first-order valence-corrected chi connectivity index (χ1v) is 5.64. The largest absolute Gasteiger partial charge is 0.453 e. The summed E-state index contributed by atoms with van der Waals surface area (Å²) in [4.78, 5) is 24.1. The molecule has 2 amide bonds. The maximum atomic E-state index is 12.0. The third-order valence-electron chi connectivity index (χ3n) is 2.54. The van der Waals surface area contributed by atoms with Crippen LogP contribution < -0.4 is 5.32 Å². The van der Waals surface area contributed by atoms with Gasteiger partial charge in [-0.2, -0.15) is 5.26 Å². The molecule has 0 saturated carbocycles. The number of benzene rings is 1. The molecule has 1 atom stereocenters. The number of likely N-dealkylation sites (N-methyl/N-ethyl adjacent to an activating group) is 1. The van der Waals surface area contributed by atoms with E-state index in [-0.39, 0.29) is 0 Å². The molecule has 6 heteroatoms. The van der Waals surface area contributed by atoms with Crippen molar-refractivity contribution >= 4 is 12.0 Å². The Morgan fingerprint density at radius 2 is 2.05 bits per heavy atom. The van der Waals surface area contributed by atoms with Crippen molar-refractivity contribution in [3.8, 4) is 6.19 Å². The lowest BCUT2D eigenvalue weighted by Crippen LogP contribution is -2.47. The molecule has 0 radical (unpaired) electrons. The number of carbonyl (C=O) groups excluding carboxylic acids is 2. The van der Waals surface area contributed by atoms with E-state index in [1.807, 2.05) is 30.3 Å². The number of nitriles is 1. The Labute approximate surface area is 111 Å². The van der Waals surface area contributed by atoms with Crippen LogP contribution in [0.2, 0.25) is 0 Å². The standard InChI is InChI=1S/C13H15N3O3/c1-16(9-14)12(17)11(15-13(18)19-2)8-10-6-4-3-5-7-10/h3-7,11H,8H2,1-2H3,(H,15,18). The molecule has 1 unspecified atom stereocenters. The molecule has 0 spiro atoms. The number of ether oxygens (including phenoxy) is 1. The number of amides is 2. The average molecular weight is 261 g/mol. The summed E-state index contributed by atoms with van der Waals surface area (Å²) in [6, 6.07) is 8.37. The first kappa shape index (κ1) is 14.5. The first-order valence-electron chi connectivity index (χ1n) is 5.64. The van der Waals surface area contributed by atoms with Crippen LogP contribution in [0.25, 0.3) is 0 Å². The van der Waals surface area contributed by atoms with Crippen molar-refractivity contribution in [2.45, 2.75) is 12.5 Å². The summed E-state index contributed by atoms with van der Waals surface area (Å²) < 4.78 is 4.48. The summed E-state index contributed by atoms with van der Waals surface area (Å²) in [6.07, 6.45) is 1.30. The van der Waals surface area contributed by atoms with Gasteiger partial charge in [0.25, 0.3) is 5.91 Å². The quantitative estimate of drug-likeness (QED) is 0.644. The smallest absolute Gasteiger partial charge is 0.407 e. The zero-order valence-electron chi connectivity index (χ0n) is 10.8. The Kier molecular flexibility index (Phi) is 5.35. The highest BCUT2D eigenvalue weighted by atomic mass is 16.5. The van der Waals surface area contributed by atoms with Gasteiger partial charge in [0.1, 0.15) is 6.04 Å². The van der Waals surface area contributed by atoms with Crippen LogP contribution in [0.5, 0.6) is 0 Å². The summed E-state index contributed by atoms with van der Waals surface area (Å²) in [5, 5.41) is 11.1. The number of nitrogens with one attached hydrogen (secondary N) is 1. The lowest BCUT2D eigenvalue weighted by molar-refractivity contribution is -0.129. The third-order valence-corrected chi connectivity index (χ3v) is 2.54. The van der Waals surface area contributed by atoms with Crippen LogP contribution in [-0.4, -0.2) is 37.1 Å². The van der Waals surface area contributed by atoms with Gasteiger partial charge in [0, 0.05) is 13.5 Å². The summed E-state index contributed by atoms with van der Waals surface area (Å²) >= 11 is 0. The molecule has 0 fully saturated rings. The summed E-state index contributed by atoms with van der Waals surface area (Å²) in [7, 11) is 2.56. The molecule has 19 heavy (non-hydrogen) atoms. The van der Waals surface area contributed by atoms with Gasteiger partial charge in [0.15, 0.2) is 6.19 Å². The number of rotatable bonds is 4. The number of carbonyl (C=O) groups is 2. The minimum atomic E-state index is -0.834. The predicted molar refractivity (Wildman–Crippen MR) is 67.9 cm³/mol. The van der Waals surface area contributed by atoms with Gasteiger partial charge in [0.2, 0.25) is 0 Å². The fourth-order valence-electron chi connectivity index (χ4n) is 1.53. The number of alkyl carbamates (subject to hydrolysis) is 1. The van der Waals surface area contributed by atoms with E-state index in [4.69, 9.17) is 5.26 Å². The molecular formula is C13H15N3O3. The minimum Gasteiger partial charge on any atom is -0.453 e. The van der Waals surface area contributed by atoms with Crippen LogP contribution >= 0.6 is 0 Å². The third kappa shape index (κ3) is 4.32. The summed E-state index contributed by atoms with van der Waals surface area (Å²) in [5.41, 5.74) is 0.878. The topological polar surface area (TPSA) is 82.4 Å². The zero-order chi connectivity index (χ0) is 14.3. The minimum absolute atomic E-state index is 0.292. The van der Waals surface area contributed by atoms with Crippen molar-refractivity contribution in [3.63, 3.8) is 0 Å². The molecule has 0 heterocycles. The molecule has 1 aromatic rings. The number of hydrogen-bond acceptors (Lipinski definition) is 4. The van der Waals surface area contributed by atoms with Crippen molar-refractivity contribution < 1.29 is 14.3 Å². The average Bonchev–Trinajstić information content (AvgIpc) is 2.45. The highest BCUT2D eigenvalue weighted by molar-refractivity contribution is 5.86. The lowest BCUT2D eigenvalue weighted by Gasteiger charge is -2.19. The maximum absolute atomic E-state index is 12.0. The van der Waals surface area contributed by atoms with Gasteiger partial charge in [-0.1, -0.05) is 30.3 Å². The van der Waals surface area contributed by atoms with E-state index in [1.54, 1.807) is 6.19 Å². The van der Waals surface area contributed by atoms with E-state index in [0.717, 1.165) is 10.5 Å². The summed E-state index contributed by atoms with van der Waals surface area (Å²) in [5.74, 6) is -0.489. The van der Waals surface area contributed by atoms with Gasteiger partial charge in [-0.15, -0.1) is 0 Å². The van der Waals surface area contributed by atoms with Gasteiger partial charge in [-0.3, -0.25) is 9.69 Å². The van der Waals surface area contributed by atoms with Gasteiger partial charge < -0.3 is 10.1 Å². The van der Waals surface area contributed by atoms with Crippen LogP contribution in [-0.2, 0) is 16.0 Å². The second-order valence-corrected chi connectivity index (χ2v) is 3.88. The van der Waals surface area contributed by atoms with E-state index >= 15 is 0 Å². The molecular weight excluding hydrogens is 246 g/mol. The van der Waals surface area contributed by atoms with Crippen LogP contribution in [0.3, 0.4) is 0 Å². The fraction of sp³-hybridized carbons (Fsp3) is 0.308. The van der Waals surface area contributed by atoms with E-state index in [9.17, 15) is 9.59 Å². The van der Waals surface area contributed by atoms with Crippen LogP contribution in [0.1, 0.15) is 5.56 Å². The number of nitrogens with zero attached hydrogens (tertiary/aromatic N) is 2. The number of methoxy groups -OCH3 is 1. The van der Waals surface area contributed by atoms with Crippen molar-refractivity contribution in [1.82, 2.24) is 10.2 Å². The van der Waals surface area contributed by atoms with Crippen LogP contribution in [0.4, 0.5) is 4.79 Å². The molecule has 0 aromatic heterocycles. The normalized spacial score (nSPS) is 11.0. The fourth-order valence-corrected chi connectivity index (χ4v) is 1.53. The van der Waals surface area contributed by atoms with E-state index in [2.05, 4.69) is 10.1 Å². The number of hydrogen-bond donors (Lipinski definition) is 1. The van der Waals surface area contributed by atoms with Gasteiger partial charge in [-0.05, 0) is 5.56 Å². The molecule has 0 aliphatic rings. The van der Waals surface area contributed by atoms with Crippen LogP contribution in [0.15, 0.2) is 30.3 Å². The summed E-state index contributed by atoms with van der Waals surface area (Å²) in [6.45, 7) is 0. The Balaban J connectivity index is 2.84. The van der Waals surface area contributed by atoms with Gasteiger partial charge in [0.05, 0.1) is 7.11 Å². The zero-order valence-corrected chi connectivity index (χ0v) is 10.8. The molecule has 100 valence electrons. The van der Waals surface area contributed by atoms with Crippen molar-refractivity contribution in [2.75, 3.05) is 14.2 Å². The van der Waals surface area contributed by atoms with Crippen molar-refractivity contribution in [1.29, 1.82) is 5.26 Å². The highest BCUT2D eigenvalue weighted by Crippen LogP contribution is 2.05. The van der Waals surface area contributed by atoms with E-state index in [1.165, 1.54) is 14.2 Å². The van der Waals surface area contributed by atoms with Gasteiger partial charge >= 0.3 is 6.09 Å². The predicted octanol–water partition coefficient (Wildman–Crippen LogP) is 0.893. The van der Waals surface area contributed by atoms with E-state index in [0.29, 0.717) is 6.42 Å². The second-order valence-electron chi connectivity index (χ2n) is 3.88. The molecule has 0 saturated heterocycles. The highest BCUT2D eigenvalue weighted by Gasteiger charge is 2.24. The van der Waals surface area contributed by atoms with Gasteiger partial charge in [-0.25, -0.2) is 4.79 Å².